The maximum atomic E-state index is 5.30. The first kappa shape index (κ1) is 13.0. The Morgan fingerprint density at radius 3 is 2.72 bits per heavy atom. The van der Waals surface area contributed by atoms with E-state index in [1.54, 1.807) is 0 Å². The van der Waals surface area contributed by atoms with Gasteiger partial charge in [0.05, 0.1) is 0 Å². The molecular formula is C14H19N3S. The Balaban J connectivity index is 2.19. The van der Waals surface area contributed by atoms with Crippen LogP contribution in [0.4, 0.5) is 0 Å². The van der Waals surface area contributed by atoms with Crippen LogP contribution in [-0.4, -0.2) is 14.8 Å². The minimum Gasteiger partial charge on any atom is -0.304 e. The van der Waals surface area contributed by atoms with Gasteiger partial charge in [-0.25, -0.2) is 0 Å². The molecule has 1 aromatic heterocycles. The lowest BCUT2D eigenvalue weighted by Gasteiger charge is -2.14. The van der Waals surface area contributed by atoms with Gasteiger partial charge in [0.25, 0.3) is 0 Å². The van der Waals surface area contributed by atoms with Gasteiger partial charge in [-0.2, -0.15) is 5.10 Å². The van der Waals surface area contributed by atoms with Gasteiger partial charge in [0.15, 0.2) is 4.77 Å². The molecule has 2 aromatic rings. The van der Waals surface area contributed by atoms with E-state index in [0.29, 0.717) is 5.92 Å². The van der Waals surface area contributed by atoms with Crippen LogP contribution in [0.15, 0.2) is 30.3 Å². The smallest absolute Gasteiger partial charge is 0.195 e. The Labute approximate surface area is 113 Å². The molecule has 96 valence electrons. The number of rotatable bonds is 5. The van der Waals surface area contributed by atoms with Crippen LogP contribution in [0.25, 0.3) is 0 Å². The fourth-order valence-electron chi connectivity index (χ4n) is 2.11. The summed E-state index contributed by atoms with van der Waals surface area (Å²) in [4.78, 5) is 0. The fourth-order valence-corrected chi connectivity index (χ4v) is 2.34. The lowest BCUT2D eigenvalue weighted by molar-refractivity contribution is 0.564. The van der Waals surface area contributed by atoms with E-state index in [9.17, 15) is 0 Å². The molecule has 0 saturated carbocycles. The summed E-state index contributed by atoms with van der Waals surface area (Å²) in [6, 6.07) is 10.5. The zero-order valence-electron chi connectivity index (χ0n) is 10.9. The summed E-state index contributed by atoms with van der Waals surface area (Å²) >= 11 is 5.30. The Bertz CT molecular complexity index is 542. The van der Waals surface area contributed by atoms with Gasteiger partial charge in [0.2, 0.25) is 0 Å². The first-order valence-electron chi connectivity index (χ1n) is 6.41. The maximum absolute atomic E-state index is 5.30. The number of H-pyrrole nitrogens is 1. The van der Waals surface area contributed by atoms with E-state index in [1.807, 2.05) is 6.07 Å². The first-order valence-corrected chi connectivity index (χ1v) is 6.82. The molecule has 1 N–H and O–H groups in total. The van der Waals surface area contributed by atoms with Crippen molar-refractivity contribution >= 4 is 12.2 Å². The van der Waals surface area contributed by atoms with E-state index in [1.165, 1.54) is 5.56 Å². The SMILES string of the molecule is CCCc1n[nH]c(=S)n1CC(C)c1ccccc1. The molecular weight excluding hydrogens is 242 g/mol. The lowest BCUT2D eigenvalue weighted by atomic mass is 10.0. The zero-order valence-corrected chi connectivity index (χ0v) is 11.7. The van der Waals surface area contributed by atoms with E-state index in [-0.39, 0.29) is 0 Å². The summed E-state index contributed by atoms with van der Waals surface area (Å²) in [5.74, 6) is 1.50. The number of nitrogens with zero attached hydrogens (tertiary/aromatic N) is 2. The molecule has 4 heteroatoms. The van der Waals surface area contributed by atoms with E-state index >= 15 is 0 Å². The van der Waals surface area contributed by atoms with E-state index < -0.39 is 0 Å². The number of aromatic amines is 1. The molecule has 0 saturated heterocycles. The summed E-state index contributed by atoms with van der Waals surface area (Å²) in [6.07, 6.45) is 2.05. The molecule has 3 nitrogen and oxygen atoms in total. The predicted molar refractivity (Wildman–Crippen MR) is 76.3 cm³/mol. The van der Waals surface area contributed by atoms with Gasteiger partial charge in [0.1, 0.15) is 5.82 Å². The maximum Gasteiger partial charge on any atom is 0.195 e. The van der Waals surface area contributed by atoms with Gasteiger partial charge < -0.3 is 4.57 Å². The van der Waals surface area contributed by atoms with Gasteiger partial charge in [0, 0.05) is 13.0 Å². The van der Waals surface area contributed by atoms with Gasteiger partial charge in [-0.3, -0.25) is 5.10 Å². The third-order valence-corrected chi connectivity index (χ3v) is 3.45. The van der Waals surface area contributed by atoms with Crippen molar-refractivity contribution in [2.24, 2.45) is 0 Å². The van der Waals surface area contributed by atoms with Crippen molar-refractivity contribution in [3.05, 3.63) is 46.5 Å². The molecule has 2 rings (SSSR count). The average molecular weight is 261 g/mol. The summed E-state index contributed by atoms with van der Waals surface area (Å²) in [5, 5.41) is 7.19. The minimum atomic E-state index is 0.436. The van der Waals surface area contributed by atoms with Crippen LogP contribution in [-0.2, 0) is 13.0 Å². The van der Waals surface area contributed by atoms with Crippen LogP contribution in [0.5, 0.6) is 0 Å². The van der Waals surface area contributed by atoms with Crippen LogP contribution in [0, 0.1) is 4.77 Å². The highest BCUT2D eigenvalue weighted by Gasteiger charge is 2.10. The third kappa shape index (κ3) is 2.88. The molecule has 1 heterocycles. The van der Waals surface area contributed by atoms with Crippen LogP contribution < -0.4 is 0 Å². The molecule has 0 bridgehead atoms. The molecule has 0 aliphatic heterocycles. The largest absolute Gasteiger partial charge is 0.304 e. The molecule has 0 spiro atoms. The zero-order chi connectivity index (χ0) is 13.0. The monoisotopic (exact) mass is 261 g/mol. The standard InChI is InChI=1S/C14H19N3S/c1-3-7-13-15-16-14(18)17(13)10-11(2)12-8-5-4-6-9-12/h4-6,8-9,11H,3,7,10H2,1-2H3,(H,16,18). The highest BCUT2D eigenvalue weighted by molar-refractivity contribution is 7.71. The van der Waals surface area contributed by atoms with Crippen LogP contribution in [0.2, 0.25) is 0 Å². The Morgan fingerprint density at radius 2 is 2.06 bits per heavy atom. The highest BCUT2D eigenvalue weighted by Crippen LogP contribution is 2.18. The molecule has 18 heavy (non-hydrogen) atoms. The number of hydrogen-bond acceptors (Lipinski definition) is 2. The van der Waals surface area contributed by atoms with Gasteiger partial charge in [-0.15, -0.1) is 0 Å². The predicted octanol–water partition coefficient (Wildman–Crippen LogP) is 3.70. The van der Waals surface area contributed by atoms with Gasteiger partial charge in [-0.1, -0.05) is 44.2 Å². The number of hydrogen-bond donors (Lipinski definition) is 1. The third-order valence-electron chi connectivity index (χ3n) is 3.14. The quantitative estimate of drug-likeness (QED) is 0.833. The molecule has 0 radical (unpaired) electrons. The molecule has 0 amide bonds. The number of benzene rings is 1. The van der Waals surface area contributed by atoms with Crippen molar-refractivity contribution in [1.82, 2.24) is 14.8 Å². The van der Waals surface area contributed by atoms with Crippen molar-refractivity contribution in [3.63, 3.8) is 0 Å². The highest BCUT2D eigenvalue weighted by atomic mass is 32.1. The minimum absolute atomic E-state index is 0.436. The van der Waals surface area contributed by atoms with Crippen molar-refractivity contribution in [2.75, 3.05) is 0 Å². The average Bonchev–Trinajstić information content (AvgIpc) is 2.73. The van der Waals surface area contributed by atoms with Crippen molar-refractivity contribution in [3.8, 4) is 0 Å². The summed E-state index contributed by atoms with van der Waals surface area (Å²) < 4.78 is 2.84. The van der Waals surface area contributed by atoms with Gasteiger partial charge >= 0.3 is 0 Å². The second kappa shape index (κ2) is 5.96. The molecule has 0 aliphatic rings. The molecule has 0 aliphatic carbocycles. The van der Waals surface area contributed by atoms with Crippen molar-refractivity contribution < 1.29 is 0 Å². The Hall–Kier alpha value is -1.42. The Morgan fingerprint density at radius 1 is 1.33 bits per heavy atom. The molecule has 0 fully saturated rings. The first-order chi connectivity index (χ1) is 8.72. The number of aryl methyl sites for hydroxylation is 1. The second-order valence-electron chi connectivity index (χ2n) is 4.62. The summed E-state index contributed by atoms with van der Waals surface area (Å²) in [5.41, 5.74) is 1.34. The van der Waals surface area contributed by atoms with Crippen LogP contribution in [0.1, 0.15) is 37.6 Å². The lowest BCUT2D eigenvalue weighted by Crippen LogP contribution is -2.10. The van der Waals surface area contributed by atoms with Crippen LogP contribution in [0.3, 0.4) is 0 Å². The van der Waals surface area contributed by atoms with E-state index in [4.69, 9.17) is 12.2 Å². The van der Waals surface area contributed by atoms with Crippen LogP contribution >= 0.6 is 12.2 Å². The summed E-state index contributed by atoms with van der Waals surface area (Å²) in [7, 11) is 0. The Kier molecular flexibility index (Phi) is 4.31. The number of aromatic nitrogens is 3. The number of nitrogens with one attached hydrogen (secondary N) is 1. The molecule has 1 aromatic carbocycles. The van der Waals surface area contributed by atoms with Gasteiger partial charge in [-0.05, 0) is 30.1 Å². The molecule has 1 unspecified atom stereocenters. The fraction of sp³-hybridized carbons (Fsp3) is 0.429. The van der Waals surface area contributed by atoms with Crippen molar-refractivity contribution in [1.29, 1.82) is 0 Å². The summed E-state index contributed by atoms with van der Waals surface area (Å²) in [6.45, 7) is 5.26. The second-order valence-corrected chi connectivity index (χ2v) is 5.00. The normalized spacial score (nSPS) is 12.6. The topological polar surface area (TPSA) is 33.6 Å². The van der Waals surface area contributed by atoms with E-state index in [0.717, 1.165) is 30.0 Å². The van der Waals surface area contributed by atoms with E-state index in [2.05, 4.69) is 52.9 Å². The molecule has 1 atom stereocenters. The van der Waals surface area contributed by atoms with Crippen molar-refractivity contribution in [2.45, 2.75) is 39.2 Å².